The first-order valence-corrected chi connectivity index (χ1v) is 12.7. The number of fused-ring (bicyclic) bond motifs is 1. The number of rotatable bonds is 6. The average molecular weight is 618 g/mol. The van der Waals surface area contributed by atoms with E-state index in [1.54, 1.807) is 35.7 Å². The molecule has 14 heteroatoms. The molecule has 1 amide bonds. The van der Waals surface area contributed by atoms with Gasteiger partial charge in [-0.05, 0) is 58.1 Å². The Morgan fingerprint density at radius 2 is 1.92 bits per heavy atom. The summed E-state index contributed by atoms with van der Waals surface area (Å²) < 4.78 is 47.9. The Hall–Kier alpha value is -4.30. The third kappa shape index (κ3) is 5.47. The number of hydrogen-bond donors (Lipinski definition) is 1. The maximum atomic E-state index is 13.9. The van der Waals surface area contributed by atoms with Crippen molar-refractivity contribution in [1.82, 2.24) is 14.6 Å². The summed E-state index contributed by atoms with van der Waals surface area (Å²) in [5.74, 6) is -0.427. The van der Waals surface area contributed by atoms with Crippen LogP contribution in [0.15, 0.2) is 70.5 Å². The number of nitro benzene ring substituents is 1. The molecule has 3 aromatic heterocycles. The molecule has 198 valence electrons. The third-order valence-corrected chi connectivity index (χ3v) is 7.02. The van der Waals surface area contributed by atoms with E-state index in [2.05, 4.69) is 31.3 Å². The van der Waals surface area contributed by atoms with Crippen LogP contribution in [-0.2, 0) is 6.18 Å². The quantitative estimate of drug-likeness (QED) is 0.156. The number of alkyl halides is 3. The van der Waals surface area contributed by atoms with Gasteiger partial charge in [0.1, 0.15) is 11.5 Å². The number of nitrogens with one attached hydrogen (secondary N) is 1. The highest BCUT2D eigenvalue weighted by Gasteiger charge is 2.36. The predicted octanol–water partition coefficient (Wildman–Crippen LogP) is 7.50. The molecule has 0 saturated carbocycles. The standard InChI is InChI=1S/C25H15BrF3N5O4S/c1-13-4-2-5-16(8-13)38-17-10-14(9-15(11-17)34(36)37)30-24(35)22-21(26)23-31-18(19-6-3-7-39-19)12-20(25(27,28)29)33(23)32-22/h2-12H,1H3,(H,30,35). The van der Waals surface area contributed by atoms with E-state index in [0.717, 1.165) is 17.7 Å². The smallest absolute Gasteiger partial charge is 0.433 e. The van der Waals surface area contributed by atoms with Crippen molar-refractivity contribution in [2.24, 2.45) is 0 Å². The van der Waals surface area contributed by atoms with Crippen molar-refractivity contribution in [3.8, 4) is 22.1 Å². The van der Waals surface area contributed by atoms with Gasteiger partial charge in [0, 0.05) is 12.1 Å². The molecule has 0 saturated heterocycles. The Kier molecular flexibility index (Phi) is 6.82. The van der Waals surface area contributed by atoms with Gasteiger partial charge in [-0.3, -0.25) is 14.9 Å². The zero-order chi connectivity index (χ0) is 27.9. The number of hydrogen-bond acceptors (Lipinski definition) is 7. The number of amides is 1. The summed E-state index contributed by atoms with van der Waals surface area (Å²) in [5.41, 5.74) is -1.17. The van der Waals surface area contributed by atoms with E-state index in [9.17, 15) is 28.1 Å². The van der Waals surface area contributed by atoms with Gasteiger partial charge in [0.25, 0.3) is 11.6 Å². The molecule has 5 rings (SSSR count). The maximum absolute atomic E-state index is 13.9. The summed E-state index contributed by atoms with van der Waals surface area (Å²) in [5, 5.41) is 19.5. The average Bonchev–Trinajstić information content (AvgIpc) is 3.51. The van der Waals surface area contributed by atoms with Crippen LogP contribution in [0.3, 0.4) is 0 Å². The molecule has 1 N–H and O–H groups in total. The Balaban J connectivity index is 1.53. The van der Waals surface area contributed by atoms with E-state index in [1.165, 1.54) is 23.5 Å². The summed E-state index contributed by atoms with van der Waals surface area (Å²) in [6.45, 7) is 1.85. The molecule has 39 heavy (non-hydrogen) atoms. The maximum Gasteiger partial charge on any atom is 0.433 e. The van der Waals surface area contributed by atoms with Crippen LogP contribution < -0.4 is 10.1 Å². The van der Waals surface area contributed by atoms with E-state index < -0.39 is 28.4 Å². The lowest BCUT2D eigenvalue weighted by atomic mass is 10.2. The monoisotopic (exact) mass is 617 g/mol. The predicted molar refractivity (Wildman–Crippen MR) is 141 cm³/mol. The third-order valence-electron chi connectivity index (χ3n) is 5.40. The summed E-state index contributed by atoms with van der Waals surface area (Å²) in [4.78, 5) is 28.8. The molecular weight excluding hydrogens is 603 g/mol. The first-order chi connectivity index (χ1) is 18.5. The number of nitrogens with zero attached hydrogens (tertiary/aromatic N) is 4. The van der Waals surface area contributed by atoms with Gasteiger partial charge in [0.05, 0.1) is 31.7 Å². The highest BCUT2D eigenvalue weighted by atomic mass is 79.9. The largest absolute Gasteiger partial charge is 0.457 e. The van der Waals surface area contributed by atoms with Crippen LogP contribution in [0.25, 0.3) is 16.2 Å². The Bertz CT molecular complexity index is 1740. The number of thiophene rings is 1. The minimum atomic E-state index is -4.80. The lowest BCUT2D eigenvalue weighted by Gasteiger charge is -2.10. The number of aromatic nitrogens is 3. The molecule has 2 aromatic carbocycles. The molecule has 0 bridgehead atoms. The van der Waals surface area contributed by atoms with Gasteiger partial charge >= 0.3 is 6.18 Å². The number of ether oxygens (including phenoxy) is 1. The van der Waals surface area contributed by atoms with Crippen molar-refractivity contribution in [1.29, 1.82) is 0 Å². The van der Waals surface area contributed by atoms with E-state index >= 15 is 0 Å². The second-order valence-corrected chi connectivity index (χ2v) is 9.99. The van der Waals surface area contributed by atoms with Gasteiger partial charge in [-0.1, -0.05) is 18.2 Å². The van der Waals surface area contributed by atoms with Crippen molar-refractivity contribution in [3.05, 3.63) is 97.6 Å². The van der Waals surface area contributed by atoms with Crippen molar-refractivity contribution in [2.75, 3.05) is 5.32 Å². The van der Waals surface area contributed by atoms with Crippen molar-refractivity contribution >= 4 is 50.2 Å². The first kappa shape index (κ1) is 26.3. The number of non-ortho nitro benzene ring substituents is 1. The van der Waals surface area contributed by atoms with Crippen LogP contribution in [0.1, 0.15) is 21.7 Å². The van der Waals surface area contributed by atoms with E-state index in [0.29, 0.717) is 15.1 Å². The van der Waals surface area contributed by atoms with E-state index in [4.69, 9.17) is 4.74 Å². The molecule has 0 spiro atoms. The van der Waals surface area contributed by atoms with Crippen molar-refractivity contribution < 1.29 is 27.6 Å². The zero-order valence-electron chi connectivity index (χ0n) is 19.7. The minimum absolute atomic E-state index is 0.0240. The van der Waals surface area contributed by atoms with Crippen molar-refractivity contribution in [3.63, 3.8) is 0 Å². The van der Waals surface area contributed by atoms with Crippen LogP contribution in [0.5, 0.6) is 11.5 Å². The normalized spacial score (nSPS) is 11.5. The van der Waals surface area contributed by atoms with Crippen molar-refractivity contribution in [2.45, 2.75) is 13.1 Å². The molecule has 0 aliphatic heterocycles. The van der Waals surface area contributed by atoms with Gasteiger partial charge in [-0.25, -0.2) is 9.50 Å². The zero-order valence-corrected chi connectivity index (χ0v) is 22.1. The molecule has 3 heterocycles. The second-order valence-electron chi connectivity index (χ2n) is 8.25. The summed E-state index contributed by atoms with van der Waals surface area (Å²) in [6.07, 6.45) is -4.80. The fourth-order valence-electron chi connectivity index (χ4n) is 3.71. The molecule has 0 aliphatic rings. The minimum Gasteiger partial charge on any atom is -0.457 e. The molecule has 0 atom stereocenters. The van der Waals surface area contributed by atoms with E-state index in [-0.39, 0.29) is 32.9 Å². The van der Waals surface area contributed by atoms with Gasteiger partial charge in [0.15, 0.2) is 17.0 Å². The summed E-state index contributed by atoms with van der Waals surface area (Å²) in [7, 11) is 0. The molecule has 0 radical (unpaired) electrons. The van der Waals surface area contributed by atoms with Crippen LogP contribution in [0.4, 0.5) is 24.5 Å². The second kappa shape index (κ2) is 10.1. The van der Waals surface area contributed by atoms with Gasteiger partial charge < -0.3 is 10.1 Å². The van der Waals surface area contributed by atoms with Gasteiger partial charge in [-0.2, -0.15) is 18.3 Å². The number of benzene rings is 2. The van der Waals surface area contributed by atoms with Gasteiger partial charge in [-0.15, -0.1) is 11.3 Å². The number of aryl methyl sites for hydroxylation is 1. The topological polar surface area (TPSA) is 112 Å². The molecule has 0 aliphatic carbocycles. The summed E-state index contributed by atoms with van der Waals surface area (Å²) >= 11 is 4.37. The summed E-state index contributed by atoms with van der Waals surface area (Å²) in [6, 6.07) is 14.8. The highest BCUT2D eigenvalue weighted by molar-refractivity contribution is 9.10. The Labute approximate surface area is 230 Å². The number of carbonyl (C=O) groups excluding carboxylic acids is 1. The fourth-order valence-corrected chi connectivity index (χ4v) is 4.92. The number of nitro groups is 1. The molecular formula is C25H15BrF3N5O4S. The lowest BCUT2D eigenvalue weighted by molar-refractivity contribution is -0.384. The molecule has 9 nitrogen and oxygen atoms in total. The lowest BCUT2D eigenvalue weighted by Crippen LogP contribution is -2.16. The number of anilines is 1. The SMILES string of the molecule is Cc1cccc(Oc2cc(NC(=O)c3nn4c(C(F)(F)F)cc(-c5cccs5)nc4c3Br)cc([N+](=O)[O-])c2)c1. The number of carbonyl (C=O) groups is 1. The molecule has 0 fully saturated rings. The van der Waals surface area contributed by atoms with Crippen LogP contribution >= 0.6 is 27.3 Å². The molecule has 5 aromatic rings. The van der Waals surface area contributed by atoms with Crippen LogP contribution in [0, 0.1) is 17.0 Å². The number of halogens is 4. The first-order valence-electron chi connectivity index (χ1n) is 11.1. The fraction of sp³-hybridized carbons (Fsp3) is 0.0800. The molecule has 0 unspecified atom stereocenters. The van der Waals surface area contributed by atoms with E-state index in [1.807, 2.05) is 13.0 Å². The van der Waals surface area contributed by atoms with Crippen LogP contribution in [0.2, 0.25) is 0 Å². The highest BCUT2D eigenvalue weighted by Crippen LogP contribution is 2.36. The Morgan fingerprint density at radius 3 is 2.59 bits per heavy atom. The van der Waals surface area contributed by atoms with Crippen LogP contribution in [-0.4, -0.2) is 25.4 Å². The van der Waals surface area contributed by atoms with Gasteiger partial charge in [0.2, 0.25) is 0 Å². The Morgan fingerprint density at radius 1 is 1.13 bits per heavy atom.